The van der Waals surface area contributed by atoms with Crippen LogP contribution < -0.4 is 0 Å². The minimum atomic E-state index is -0.373. The first-order valence-corrected chi connectivity index (χ1v) is 7.28. The molecule has 1 saturated carbocycles. The zero-order valence-electron chi connectivity index (χ0n) is 8.55. The van der Waals surface area contributed by atoms with Crippen LogP contribution in [0.25, 0.3) is 0 Å². The molecule has 0 aliphatic heterocycles. The Balaban J connectivity index is 2.83. The van der Waals surface area contributed by atoms with Crippen LogP contribution in [0.4, 0.5) is 0 Å². The summed E-state index contributed by atoms with van der Waals surface area (Å²) >= 11 is 0.528. The summed E-state index contributed by atoms with van der Waals surface area (Å²) in [5.41, 5.74) is -0.373. The second kappa shape index (κ2) is 3.32. The fourth-order valence-electron chi connectivity index (χ4n) is 2.23. The molecular weight excluding hydrogens is 215 g/mol. The van der Waals surface area contributed by atoms with E-state index in [1.807, 2.05) is 0 Å². The Morgan fingerprint density at radius 2 is 2.08 bits per heavy atom. The molecule has 2 unspecified atom stereocenters. The summed E-state index contributed by atoms with van der Waals surface area (Å²) in [6.07, 6.45) is 3.42. The number of aliphatic hydroxyl groups is 1. The first-order valence-electron chi connectivity index (χ1n) is 4.71. The summed E-state index contributed by atoms with van der Waals surface area (Å²) < 4.78 is 0.149. The molecule has 1 aliphatic carbocycles. The molecule has 0 heterocycles. The Bertz CT molecular complexity index is 167. The first-order chi connectivity index (χ1) is 5.44. The van der Waals surface area contributed by atoms with E-state index < -0.39 is 0 Å². The summed E-state index contributed by atoms with van der Waals surface area (Å²) in [6.45, 7) is 6.63. The van der Waals surface area contributed by atoms with Crippen LogP contribution in [0.15, 0.2) is 0 Å². The number of rotatable bonds is 2. The average Bonchev–Trinajstić information content (AvgIpc) is 2.34. The van der Waals surface area contributed by atoms with Gasteiger partial charge in [0.15, 0.2) is 0 Å². The number of hydrogen-bond donors (Lipinski definition) is 1. The molecule has 2 heteroatoms. The van der Waals surface area contributed by atoms with Crippen molar-refractivity contribution in [3.8, 4) is 0 Å². The van der Waals surface area contributed by atoms with Gasteiger partial charge in [0.1, 0.15) is 0 Å². The zero-order valence-corrected chi connectivity index (χ0v) is 10.3. The van der Waals surface area contributed by atoms with Crippen molar-refractivity contribution < 1.29 is 5.11 Å². The van der Waals surface area contributed by atoms with Crippen LogP contribution in [0.3, 0.4) is 0 Å². The second-order valence-corrected chi connectivity index (χ2v) is 7.43. The van der Waals surface area contributed by atoms with Crippen LogP contribution >= 0.6 is 0 Å². The monoisotopic (exact) mass is 236 g/mol. The van der Waals surface area contributed by atoms with Gasteiger partial charge in [-0.3, -0.25) is 0 Å². The van der Waals surface area contributed by atoms with Crippen molar-refractivity contribution in [2.75, 3.05) is 0 Å². The van der Waals surface area contributed by atoms with Crippen LogP contribution in [0.5, 0.6) is 0 Å². The van der Waals surface area contributed by atoms with Crippen molar-refractivity contribution >= 4 is 15.0 Å². The Hall–Kier alpha value is 0.479. The normalized spacial score (nSPS) is 37.2. The SMILES string of the molecule is C[Se]C(C)(C)C1(O)CCCC1C. The van der Waals surface area contributed by atoms with E-state index in [1.54, 1.807) is 0 Å². The quantitative estimate of drug-likeness (QED) is 0.729. The summed E-state index contributed by atoms with van der Waals surface area (Å²) in [5, 5.41) is 10.5. The Morgan fingerprint density at radius 1 is 1.50 bits per heavy atom. The van der Waals surface area contributed by atoms with Crippen LogP contribution in [0.1, 0.15) is 40.0 Å². The van der Waals surface area contributed by atoms with Gasteiger partial charge in [0.05, 0.1) is 0 Å². The van der Waals surface area contributed by atoms with Gasteiger partial charge in [0, 0.05) is 0 Å². The number of hydrogen-bond acceptors (Lipinski definition) is 1. The molecule has 72 valence electrons. The molecule has 1 rings (SSSR count). The average molecular weight is 235 g/mol. The molecule has 0 aromatic carbocycles. The van der Waals surface area contributed by atoms with Gasteiger partial charge in [0.2, 0.25) is 0 Å². The predicted molar refractivity (Wildman–Crippen MR) is 53.6 cm³/mol. The van der Waals surface area contributed by atoms with Gasteiger partial charge >= 0.3 is 81.8 Å². The maximum atomic E-state index is 10.5. The van der Waals surface area contributed by atoms with Crippen LogP contribution in [-0.4, -0.2) is 25.7 Å². The van der Waals surface area contributed by atoms with E-state index in [-0.39, 0.29) is 9.91 Å². The summed E-state index contributed by atoms with van der Waals surface area (Å²) in [4.78, 5) is 0. The van der Waals surface area contributed by atoms with Crippen molar-refractivity contribution in [1.29, 1.82) is 0 Å². The van der Waals surface area contributed by atoms with Gasteiger partial charge in [-0.05, 0) is 0 Å². The molecule has 2 atom stereocenters. The van der Waals surface area contributed by atoms with E-state index in [0.717, 1.165) is 6.42 Å². The van der Waals surface area contributed by atoms with E-state index in [4.69, 9.17) is 0 Å². The van der Waals surface area contributed by atoms with E-state index in [9.17, 15) is 5.11 Å². The van der Waals surface area contributed by atoms with E-state index >= 15 is 0 Å². The molecule has 0 spiro atoms. The molecule has 0 aromatic rings. The molecule has 1 aliphatic rings. The zero-order chi connectivity index (χ0) is 9.41. The summed E-state index contributed by atoms with van der Waals surface area (Å²) in [5.74, 6) is 2.73. The molecule has 0 bridgehead atoms. The van der Waals surface area contributed by atoms with Crippen molar-refractivity contribution in [3.63, 3.8) is 0 Å². The van der Waals surface area contributed by atoms with Gasteiger partial charge < -0.3 is 0 Å². The third kappa shape index (κ3) is 1.45. The van der Waals surface area contributed by atoms with Crippen molar-refractivity contribution in [3.05, 3.63) is 0 Å². The third-order valence-electron chi connectivity index (χ3n) is 3.56. The molecule has 12 heavy (non-hydrogen) atoms. The van der Waals surface area contributed by atoms with Gasteiger partial charge in [-0.2, -0.15) is 0 Å². The topological polar surface area (TPSA) is 20.2 Å². The molecule has 0 aromatic heterocycles. The predicted octanol–water partition coefficient (Wildman–Crippen LogP) is 2.49. The Kier molecular flexibility index (Phi) is 2.92. The van der Waals surface area contributed by atoms with Crippen LogP contribution in [0, 0.1) is 5.92 Å². The van der Waals surface area contributed by atoms with Gasteiger partial charge in [-0.15, -0.1) is 0 Å². The maximum absolute atomic E-state index is 10.5. The van der Waals surface area contributed by atoms with Gasteiger partial charge in [0.25, 0.3) is 0 Å². The van der Waals surface area contributed by atoms with Crippen molar-refractivity contribution in [2.45, 2.75) is 55.8 Å². The molecule has 0 saturated heterocycles. The summed E-state index contributed by atoms with van der Waals surface area (Å²) in [7, 11) is 0. The molecule has 0 amide bonds. The first kappa shape index (κ1) is 10.6. The van der Waals surface area contributed by atoms with E-state index in [2.05, 4.69) is 26.6 Å². The minimum absolute atomic E-state index is 0.149. The van der Waals surface area contributed by atoms with Crippen LogP contribution in [-0.2, 0) is 0 Å². The van der Waals surface area contributed by atoms with Crippen LogP contribution in [0.2, 0.25) is 10.1 Å². The molecular formula is C10H20OSe. The van der Waals surface area contributed by atoms with Crippen molar-refractivity contribution in [2.24, 2.45) is 5.92 Å². The molecule has 1 nitrogen and oxygen atoms in total. The standard InChI is InChI=1S/C10H20OSe/c1-8-6-5-7-10(8,11)9(2,3)12-4/h8,11H,5-7H2,1-4H3. The van der Waals surface area contributed by atoms with Gasteiger partial charge in [-0.25, -0.2) is 0 Å². The Morgan fingerprint density at radius 3 is 2.42 bits per heavy atom. The van der Waals surface area contributed by atoms with E-state index in [0.29, 0.717) is 20.9 Å². The molecule has 1 fully saturated rings. The fraction of sp³-hybridized carbons (Fsp3) is 1.00. The fourth-order valence-corrected chi connectivity index (χ4v) is 3.61. The molecule has 1 N–H and O–H groups in total. The van der Waals surface area contributed by atoms with Crippen molar-refractivity contribution in [1.82, 2.24) is 0 Å². The van der Waals surface area contributed by atoms with Gasteiger partial charge in [-0.1, -0.05) is 0 Å². The molecule has 0 radical (unpaired) electrons. The Labute approximate surface area is 82.1 Å². The second-order valence-electron chi connectivity index (χ2n) is 4.43. The third-order valence-corrected chi connectivity index (χ3v) is 6.45. The summed E-state index contributed by atoms with van der Waals surface area (Å²) in [6, 6.07) is 0. The van der Waals surface area contributed by atoms with E-state index in [1.165, 1.54) is 12.8 Å².